The van der Waals surface area contributed by atoms with Gasteiger partial charge in [0.2, 0.25) is 0 Å². The molecule has 8 nitrogen and oxygen atoms in total. The van der Waals surface area contributed by atoms with E-state index in [1.807, 2.05) is 35.4 Å². The number of carbonyl (C=O) groups excluding carboxylic acids is 2. The first-order chi connectivity index (χ1) is 15.0. The number of hydrogen-bond donors (Lipinski definition) is 2. The van der Waals surface area contributed by atoms with Crippen molar-refractivity contribution < 1.29 is 24.2 Å². The van der Waals surface area contributed by atoms with Crippen LogP contribution < -0.4 is 5.32 Å². The number of thioether (sulfide) groups is 1. The Balaban J connectivity index is 0.000000858. The normalized spacial score (nSPS) is 22.5. The fourth-order valence-corrected chi connectivity index (χ4v) is 5.10. The van der Waals surface area contributed by atoms with Gasteiger partial charge in [-0.1, -0.05) is 6.07 Å². The third-order valence-electron chi connectivity index (χ3n) is 6.31. The van der Waals surface area contributed by atoms with E-state index in [1.165, 1.54) is 12.8 Å². The van der Waals surface area contributed by atoms with Crippen molar-refractivity contribution in [2.24, 2.45) is 5.41 Å². The summed E-state index contributed by atoms with van der Waals surface area (Å²) in [4.78, 5) is 38.9. The highest BCUT2D eigenvalue weighted by Gasteiger charge is 2.51. The fourth-order valence-electron chi connectivity index (χ4n) is 4.64. The average Bonchev–Trinajstić information content (AvgIpc) is 3.37. The molecule has 0 bridgehead atoms. The topological polar surface area (TPSA) is 99.2 Å². The van der Waals surface area contributed by atoms with Crippen LogP contribution in [0.2, 0.25) is 0 Å². The minimum Gasteiger partial charge on any atom is -0.483 e. The zero-order chi connectivity index (χ0) is 22.3. The number of amides is 2. The molecule has 1 aromatic rings. The molecule has 170 valence electrons. The Hall–Kier alpha value is -2.26. The van der Waals surface area contributed by atoms with Crippen molar-refractivity contribution in [3.8, 4) is 0 Å². The van der Waals surface area contributed by atoms with Crippen LogP contribution in [-0.4, -0.2) is 78.5 Å². The van der Waals surface area contributed by atoms with Gasteiger partial charge in [-0.2, -0.15) is 0 Å². The Kier molecular flexibility index (Phi) is 8.20. The molecule has 0 aromatic heterocycles. The molecule has 3 aliphatic rings. The number of benzene rings is 1. The summed E-state index contributed by atoms with van der Waals surface area (Å²) in [6, 6.07) is 7.76. The number of rotatable bonds is 4. The van der Waals surface area contributed by atoms with Crippen LogP contribution in [0.4, 0.5) is 10.5 Å². The summed E-state index contributed by atoms with van der Waals surface area (Å²) < 4.78 is 5.73. The number of esters is 1. The molecule has 3 aliphatic heterocycles. The van der Waals surface area contributed by atoms with Crippen LogP contribution in [0.15, 0.2) is 29.2 Å². The van der Waals surface area contributed by atoms with E-state index in [0.717, 1.165) is 36.6 Å². The molecule has 1 aromatic carbocycles. The number of cyclic esters (lactones) is 1. The Morgan fingerprint density at radius 3 is 2.61 bits per heavy atom. The molecule has 0 saturated carbocycles. The van der Waals surface area contributed by atoms with Gasteiger partial charge in [0.25, 0.3) is 6.47 Å². The number of likely N-dealkylation sites (tertiary alicyclic amines) is 2. The van der Waals surface area contributed by atoms with Gasteiger partial charge in [0.15, 0.2) is 0 Å². The van der Waals surface area contributed by atoms with Crippen molar-refractivity contribution >= 4 is 35.9 Å². The van der Waals surface area contributed by atoms with Crippen LogP contribution >= 0.6 is 11.8 Å². The van der Waals surface area contributed by atoms with Crippen LogP contribution in [0.1, 0.15) is 32.1 Å². The van der Waals surface area contributed by atoms with Gasteiger partial charge in [-0.15, -0.1) is 11.8 Å². The van der Waals surface area contributed by atoms with Crippen molar-refractivity contribution in [2.45, 2.75) is 43.1 Å². The van der Waals surface area contributed by atoms with Crippen molar-refractivity contribution in [3.05, 3.63) is 24.3 Å². The van der Waals surface area contributed by atoms with Gasteiger partial charge in [-0.05, 0) is 63.2 Å². The van der Waals surface area contributed by atoms with Crippen molar-refractivity contribution in [2.75, 3.05) is 44.3 Å². The van der Waals surface area contributed by atoms with Gasteiger partial charge in [0.05, 0.1) is 5.41 Å². The number of piperidine rings is 1. The van der Waals surface area contributed by atoms with E-state index in [0.29, 0.717) is 25.9 Å². The standard InChI is InChI=1S/C21H29N3O3S.CH2O2/c1-28-18-6-4-5-16(13-18)22-20(26)24-11-7-21(8-12-24)14-17(27-19(21)25)15-23-9-2-3-10-23;2-1-3/h4-6,13,17H,2-3,7-12,14-15H2,1H3,(H,22,26);1H,(H,2,3). The molecule has 4 rings (SSSR count). The number of carbonyl (C=O) groups is 3. The SMILES string of the molecule is CSc1cccc(NC(=O)N2CCC3(CC2)CC(CN2CCCC2)OC3=O)c1.O=CO. The van der Waals surface area contributed by atoms with Crippen LogP contribution in [0.3, 0.4) is 0 Å². The highest BCUT2D eigenvalue weighted by atomic mass is 32.2. The van der Waals surface area contributed by atoms with E-state index in [4.69, 9.17) is 14.6 Å². The Morgan fingerprint density at radius 2 is 1.97 bits per heavy atom. The average molecular weight is 450 g/mol. The first-order valence-electron chi connectivity index (χ1n) is 10.7. The minimum atomic E-state index is -0.389. The maximum absolute atomic E-state index is 12.6. The third kappa shape index (κ3) is 5.92. The van der Waals surface area contributed by atoms with Crippen LogP contribution in [0, 0.1) is 5.41 Å². The van der Waals surface area contributed by atoms with Gasteiger partial charge < -0.3 is 20.1 Å². The summed E-state index contributed by atoms with van der Waals surface area (Å²) >= 11 is 1.65. The van der Waals surface area contributed by atoms with E-state index in [1.54, 1.807) is 11.8 Å². The third-order valence-corrected chi connectivity index (χ3v) is 7.04. The summed E-state index contributed by atoms with van der Waals surface area (Å²) in [6.45, 7) is 4.04. The van der Waals surface area contributed by atoms with Crippen LogP contribution in [0.25, 0.3) is 0 Å². The maximum atomic E-state index is 12.6. The lowest BCUT2D eigenvalue weighted by Gasteiger charge is -2.36. The van der Waals surface area contributed by atoms with E-state index >= 15 is 0 Å². The maximum Gasteiger partial charge on any atom is 0.321 e. The second kappa shape index (κ2) is 10.9. The van der Waals surface area contributed by atoms with Gasteiger partial charge >= 0.3 is 12.0 Å². The summed E-state index contributed by atoms with van der Waals surface area (Å²) in [7, 11) is 0. The number of hydrogen-bond acceptors (Lipinski definition) is 6. The summed E-state index contributed by atoms with van der Waals surface area (Å²) in [6.07, 6.45) is 6.71. The van der Waals surface area contributed by atoms with Gasteiger partial charge in [-0.3, -0.25) is 14.5 Å². The summed E-state index contributed by atoms with van der Waals surface area (Å²) in [5.74, 6) is -0.0515. The molecule has 9 heteroatoms. The lowest BCUT2D eigenvalue weighted by Crippen LogP contribution is -2.46. The molecule has 1 unspecified atom stereocenters. The highest BCUT2D eigenvalue weighted by molar-refractivity contribution is 7.98. The zero-order valence-electron chi connectivity index (χ0n) is 17.9. The molecule has 3 heterocycles. The molecule has 0 radical (unpaired) electrons. The molecule has 3 saturated heterocycles. The number of anilines is 1. The smallest absolute Gasteiger partial charge is 0.321 e. The van der Waals surface area contributed by atoms with Crippen molar-refractivity contribution in [1.82, 2.24) is 9.80 Å². The van der Waals surface area contributed by atoms with E-state index in [9.17, 15) is 9.59 Å². The summed E-state index contributed by atoms with van der Waals surface area (Å²) in [5.41, 5.74) is 0.419. The van der Waals surface area contributed by atoms with Crippen molar-refractivity contribution in [3.63, 3.8) is 0 Å². The molecular formula is C22H31N3O5S. The van der Waals surface area contributed by atoms with Gasteiger partial charge in [-0.25, -0.2) is 4.79 Å². The van der Waals surface area contributed by atoms with Crippen LogP contribution in [0.5, 0.6) is 0 Å². The quantitative estimate of drug-likeness (QED) is 0.414. The van der Waals surface area contributed by atoms with Crippen LogP contribution in [-0.2, 0) is 14.3 Å². The number of ether oxygens (including phenoxy) is 1. The predicted molar refractivity (Wildman–Crippen MR) is 119 cm³/mol. The second-order valence-corrected chi connectivity index (χ2v) is 9.15. The first-order valence-corrected chi connectivity index (χ1v) is 11.9. The fraction of sp³-hybridized carbons (Fsp3) is 0.591. The van der Waals surface area contributed by atoms with Gasteiger partial charge in [0.1, 0.15) is 6.10 Å². The molecule has 31 heavy (non-hydrogen) atoms. The largest absolute Gasteiger partial charge is 0.483 e. The number of nitrogens with one attached hydrogen (secondary N) is 1. The van der Waals surface area contributed by atoms with E-state index < -0.39 is 0 Å². The van der Waals surface area contributed by atoms with Gasteiger partial charge in [0, 0.05) is 36.6 Å². The Labute approximate surface area is 187 Å². The summed E-state index contributed by atoms with van der Waals surface area (Å²) in [5, 5.41) is 9.87. The molecule has 1 spiro atoms. The molecule has 2 amide bonds. The number of carboxylic acid groups (broad SMARTS) is 1. The molecular weight excluding hydrogens is 418 g/mol. The first kappa shape index (κ1) is 23.4. The van der Waals surface area contributed by atoms with E-state index in [2.05, 4.69) is 10.2 Å². The predicted octanol–water partition coefficient (Wildman–Crippen LogP) is 3.13. The molecule has 0 aliphatic carbocycles. The monoisotopic (exact) mass is 449 g/mol. The van der Waals surface area contributed by atoms with Crippen molar-refractivity contribution in [1.29, 1.82) is 0 Å². The molecule has 2 N–H and O–H groups in total. The number of urea groups is 1. The van der Waals surface area contributed by atoms with E-state index in [-0.39, 0.29) is 30.0 Å². The second-order valence-electron chi connectivity index (χ2n) is 8.27. The highest BCUT2D eigenvalue weighted by Crippen LogP contribution is 2.43. The minimum absolute atomic E-state index is 0.0141. The molecule has 3 fully saturated rings. The Morgan fingerprint density at radius 1 is 1.29 bits per heavy atom. The number of nitrogens with zero attached hydrogens (tertiary/aromatic N) is 2. The zero-order valence-corrected chi connectivity index (χ0v) is 18.7. The Bertz CT molecular complexity index is 776. The lowest BCUT2D eigenvalue weighted by atomic mass is 9.76. The molecule has 1 atom stereocenters. The lowest BCUT2D eigenvalue weighted by molar-refractivity contribution is -0.150.